The fourth-order valence-electron chi connectivity index (χ4n) is 1.39. The van der Waals surface area contributed by atoms with E-state index in [4.69, 9.17) is 4.42 Å². The monoisotopic (exact) mass is 247 g/mol. The van der Waals surface area contributed by atoms with Crippen molar-refractivity contribution in [2.75, 3.05) is 0 Å². The molecule has 0 N–H and O–H groups in total. The molecule has 1 aromatic carbocycles. The van der Waals surface area contributed by atoms with Crippen LogP contribution >= 0.6 is 0 Å². The number of nitrogens with zero attached hydrogens (tertiary/aromatic N) is 3. The second-order valence-electron chi connectivity index (χ2n) is 3.45. The van der Waals surface area contributed by atoms with Gasteiger partial charge in [0.1, 0.15) is 0 Å². The Morgan fingerprint density at radius 3 is 2.67 bits per heavy atom. The molecule has 18 heavy (non-hydrogen) atoms. The lowest BCUT2D eigenvalue weighted by molar-refractivity contribution is -0.384. The van der Waals surface area contributed by atoms with Gasteiger partial charge in [0.25, 0.3) is 5.69 Å². The summed E-state index contributed by atoms with van der Waals surface area (Å²) < 4.78 is 6.05. The van der Waals surface area contributed by atoms with Crippen LogP contribution in [-0.2, 0) is 6.54 Å². The third kappa shape index (κ3) is 2.19. The average Bonchev–Trinajstić information content (AvgIpc) is 2.72. The summed E-state index contributed by atoms with van der Waals surface area (Å²) in [5.74, 6) is -0.472. The molecule has 0 aliphatic heterocycles. The van der Waals surface area contributed by atoms with Crippen molar-refractivity contribution in [3.05, 3.63) is 57.6 Å². The van der Waals surface area contributed by atoms with Crippen molar-refractivity contribution >= 4 is 5.69 Å². The third-order valence-corrected chi connectivity index (χ3v) is 2.23. The summed E-state index contributed by atoms with van der Waals surface area (Å²) in [6.45, 7) is 3.74. The molecule has 0 unspecified atom stereocenters. The zero-order valence-corrected chi connectivity index (χ0v) is 9.28. The van der Waals surface area contributed by atoms with Crippen LogP contribution in [-0.4, -0.2) is 14.7 Å². The Balaban J connectivity index is 2.36. The minimum atomic E-state index is -0.594. The van der Waals surface area contributed by atoms with Crippen molar-refractivity contribution in [3.8, 4) is 11.5 Å². The largest absolute Gasteiger partial charge is 0.437 e. The molecule has 92 valence electrons. The van der Waals surface area contributed by atoms with Gasteiger partial charge in [0.2, 0.25) is 5.89 Å². The normalized spacial score (nSPS) is 10.2. The van der Waals surface area contributed by atoms with E-state index in [1.54, 1.807) is 0 Å². The molecule has 0 saturated heterocycles. The summed E-state index contributed by atoms with van der Waals surface area (Å²) in [6, 6.07) is 5.59. The van der Waals surface area contributed by atoms with Crippen LogP contribution in [0.25, 0.3) is 11.5 Å². The van der Waals surface area contributed by atoms with Gasteiger partial charge in [-0.1, -0.05) is 6.08 Å². The van der Waals surface area contributed by atoms with Crippen LogP contribution < -0.4 is 5.76 Å². The van der Waals surface area contributed by atoms with E-state index in [2.05, 4.69) is 11.7 Å². The van der Waals surface area contributed by atoms with Crippen molar-refractivity contribution in [3.63, 3.8) is 0 Å². The van der Waals surface area contributed by atoms with E-state index in [1.165, 1.54) is 30.3 Å². The van der Waals surface area contributed by atoms with E-state index < -0.39 is 10.7 Å². The minimum Gasteiger partial charge on any atom is -0.388 e. The maximum Gasteiger partial charge on any atom is 0.437 e. The molecule has 0 aliphatic carbocycles. The highest BCUT2D eigenvalue weighted by Gasteiger charge is 2.11. The van der Waals surface area contributed by atoms with E-state index in [1.807, 2.05) is 0 Å². The molecule has 0 spiro atoms. The molecular formula is C11H9N3O4. The van der Waals surface area contributed by atoms with Gasteiger partial charge < -0.3 is 4.42 Å². The highest BCUT2D eigenvalue weighted by atomic mass is 16.6. The molecule has 0 aliphatic rings. The van der Waals surface area contributed by atoms with E-state index >= 15 is 0 Å². The van der Waals surface area contributed by atoms with E-state index in [0.29, 0.717) is 5.56 Å². The van der Waals surface area contributed by atoms with Gasteiger partial charge in [0.15, 0.2) is 0 Å². The van der Waals surface area contributed by atoms with Gasteiger partial charge in [0, 0.05) is 17.7 Å². The van der Waals surface area contributed by atoms with Gasteiger partial charge in [-0.25, -0.2) is 4.79 Å². The quantitative estimate of drug-likeness (QED) is 0.465. The van der Waals surface area contributed by atoms with Crippen molar-refractivity contribution in [1.29, 1.82) is 0 Å². The number of benzene rings is 1. The van der Waals surface area contributed by atoms with Crippen molar-refractivity contribution in [2.45, 2.75) is 6.54 Å². The summed E-state index contributed by atoms with van der Waals surface area (Å²) in [5, 5.41) is 14.4. The van der Waals surface area contributed by atoms with Gasteiger partial charge in [-0.3, -0.25) is 10.1 Å². The lowest BCUT2D eigenvalue weighted by Gasteiger charge is -1.94. The SMILES string of the molecule is C=CCn1nc(-c2ccc([N+](=O)[O-])cc2)oc1=O. The van der Waals surface area contributed by atoms with Crippen molar-refractivity contribution < 1.29 is 9.34 Å². The first kappa shape index (κ1) is 11.8. The molecule has 0 bridgehead atoms. The lowest BCUT2D eigenvalue weighted by atomic mass is 10.2. The third-order valence-electron chi connectivity index (χ3n) is 2.23. The van der Waals surface area contributed by atoms with Crippen LogP contribution in [0.1, 0.15) is 0 Å². The summed E-state index contributed by atoms with van der Waals surface area (Å²) in [4.78, 5) is 21.3. The van der Waals surface area contributed by atoms with Crippen LogP contribution in [0, 0.1) is 10.1 Å². The molecular weight excluding hydrogens is 238 g/mol. The predicted octanol–water partition coefficient (Wildman–Crippen LogP) is 1.60. The first-order valence-electron chi connectivity index (χ1n) is 5.05. The van der Waals surface area contributed by atoms with Crippen LogP contribution in [0.4, 0.5) is 5.69 Å². The van der Waals surface area contributed by atoms with E-state index in [9.17, 15) is 14.9 Å². The topological polar surface area (TPSA) is 91.2 Å². The summed E-state index contributed by atoms with van der Waals surface area (Å²) in [5.41, 5.74) is 0.465. The first-order chi connectivity index (χ1) is 8.61. The number of rotatable bonds is 4. The zero-order chi connectivity index (χ0) is 13.1. The smallest absolute Gasteiger partial charge is 0.388 e. The van der Waals surface area contributed by atoms with Crippen LogP contribution in [0.3, 0.4) is 0 Å². The van der Waals surface area contributed by atoms with Crippen LogP contribution in [0.2, 0.25) is 0 Å². The minimum absolute atomic E-state index is 0.0355. The summed E-state index contributed by atoms with van der Waals surface area (Å²) >= 11 is 0. The second-order valence-corrected chi connectivity index (χ2v) is 3.45. The van der Waals surface area contributed by atoms with E-state index in [-0.39, 0.29) is 18.1 Å². The van der Waals surface area contributed by atoms with Gasteiger partial charge in [-0.05, 0) is 12.1 Å². The molecule has 0 radical (unpaired) electrons. The Kier molecular flexibility index (Phi) is 3.05. The summed E-state index contributed by atoms with van der Waals surface area (Å²) in [7, 11) is 0. The van der Waals surface area contributed by atoms with Crippen LogP contribution in [0.15, 0.2) is 46.1 Å². The molecule has 2 aromatic rings. The number of allylic oxidation sites excluding steroid dienone is 1. The zero-order valence-electron chi connectivity index (χ0n) is 9.28. The molecule has 0 saturated carbocycles. The molecule has 1 heterocycles. The highest BCUT2D eigenvalue weighted by Crippen LogP contribution is 2.19. The average molecular weight is 247 g/mol. The fraction of sp³-hybridized carbons (Fsp3) is 0.0909. The highest BCUT2D eigenvalue weighted by molar-refractivity contribution is 5.55. The number of nitro benzene ring substituents is 1. The summed E-state index contributed by atoms with van der Waals surface area (Å²) in [6.07, 6.45) is 1.52. The molecule has 7 heteroatoms. The molecule has 7 nitrogen and oxygen atoms in total. The Morgan fingerprint density at radius 1 is 1.44 bits per heavy atom. The van der Waals surface area contributed by atoms with E-state index in [0.717, 1.165) is 4.68 Å². The maximum atomic E-state index is 11.4. The Labute approximate surface area is 101 Å². The van der Waals surface area contributed by atoms with Crippen molar-refractivity contribution in [1.82, 2.24) is 9.78 Å². The Bertz CT molecular complexity index is 639. The molecule has 0 atom stereocenters. The second kappa shape index (κ2) is 4.66. The molecule has 0 fully saturated rings. The Morgan fingerprint density at radius 2 is 2.11 bits per heavy atom. The van der Waals surface area contributed by atoms with Gasteiger partial charge in [0.05, 0.1) is 11.5 Å². The number of hydrogen-bond acceptors (Lipinski definition) is 5. The number of aromatic nitrogens is 2. The van der Waals surface area contributed by atoms with Gasteiger partial charge >= 0.3 is 5.76 Å². The number of non-ortho nitro benzene ring substituents is 1. The fourth-order valence-corrected chi connectivity index (χ4v) is 1.39. The lowest BCUT2D eigenvalue weighted by Crippen LogP contribution is -2.14. The van der Waals surface area contributed by atoms with Gasteiger partial charge in [-0.2, -0.15) is 4.68 Å². The number of hydrogen-bond donors (Lipinski definition) is 0. The number of nitro groups is 1. The molecule has 1 aromatic heterocycles. The molecule has 0 amide bonds. The first-order valence-corrected chi connectivity index (χ1v) is 5.05. The van der Waals surface area contributed by atoms with Gasteiger partial charge in [-0.15, -0.1) is 11.7 Å². The van der Waals surface area contributed by atoms with Crippen molar-refractivity contribution in [2.24, 2.45) is 0 Å². The van der Waals surface area contributed by atoms with Crippen LogP contribution in [0.5, 0.6) is 0 Å². The molecule has 2 rings (SSSR count). The standard InChI is InChI=1S/C11H9N3O4/c1-2-7-13-11(15)18-10(12-13)8-3-5-9(6-4-8)14(16)17/h2-6H,1,7H2. The maximum absolute atomic E-state index is 11.4. The Hall–Kier alpha value is -2.70. The predicted molar refractivity (Wildman–Crippen MR) is 63.1 cm³/mol.